The van der Waals surface area contributed by atoms with Crippen LogP contribution in [-0.4, -0.2) is 17.3 Å². The van der Waals surface area contributed by atoms with Crippen molar-refractivity contribution in [3.63, 3.8) is 0 Å². The molecule has 0 aliphatic rings. The van der Waals surface area contributed by atoms with Crippen molar-refractivity contribution in [2.75, 3.05) is 12.3 Å². The zero-order valence-corrected chi connectivity index (χ0v) is 8.89. The molecular weight excluding hydrogens is 194 g/mol. The van der Waals surface area contributed by atoms with E-state index in [1.54, 1.807) is 6.20 Å². The van der Waals surface area contributed by atoms with E-state index in [4.69, 9.17) is 5.73 Å². The maximum absolute atomic E-state index is 5.36. The Hall–Kier alpha value is -1.16. The third-order valence-corrected chi connectivity index (χ3v) is 2.62. The Morgan fingerprint density at radius 3 is 3.14 bits per heavy atom. The molecule has 0 aliphatic heterocycles. The fraction of sp³-hybridized carbons (Fsp3) is 0.300. The summed E-state index contributed by atoms with van der Waals surface area (Å²) in [5.41, 5.74) is 6.61. The second kappa shape index (κ2) is 6.32. The molecule has 0 saturated heterocycles. The van der Waals surface area contributed by atoms with E-state index in [9.17, 15) is 0 Å². The molecule has 1 rings (SSSR count). The summed E-state index contributed by atoms with van der Waals surface area (Å²) in [5.74, 6) is 2.55. The highest BCUT2D eigenvalue weighted by molar-refractivity contribution is 7.98. The van der Waals surface area contributed by atoms with Gasteiger partial charge in [0.2, 0.25) is 0 Å². The zero-order valence-electron chi connectivity index (χ0n) is 8.07. The fourth-order valence-corrected chi connectivity index (χ4v) is 1.75. The predicted molar refractivity (Wildman–Crippen MR) is 61.7 cm³/mol. The van der Waals surface area contributed by atoms with Crippen molar-refractivity contribution in [2.45, 2.75) is 5.75 Å². The van der Waals surface area contributed by atoms with E-state index in [1.807, 2.05) is 24.0 Å². The Morgan fingerprint density at radius 2 is 2.50 bits per heavy atom. The monoisotopic (exact) mass is 209 g/mol. The summed E-state index contributed by atoms with van der Waals surface area (Å²) in [5, 5.41) is 2.98. The Kier molecular flexibility index (Phi) is 4.93. The molecule has 1 aromatic rings. The molecule has 0 fully saturated rings. The average Bonchev–Trinajstić information content (AvgIpc) is 2.18. The molecular formula is C10H15N3S. The van der Waals surface area contributed by atoms with Gasteiger partial charge in [-0.25, -0.2) is 0 Å². The van der Waals surface area contributed by atoms with Crippen molar-refractivity contribution >= 4 is 11.8 Å². The van der Waals surface area contributed by atoms with Gasteiger partial charge in [0.1, 0.15) is 0 Å². The lowest BCUT2D eigenvalue weighted by Crippen LogP contribution is -2.21. The molecule has 0 saturated carbocycles. The molecule has 0 spiro atoms. The Morgan fingerprint density at radius 1 is 1.64 bits per heavy atom. The van der Waals surface area contributed by atoms with Crippen LogP contribution in [0.3, 0.4) is 0 Å². The number of nitrogens with zero attached hydrogens (tertiary/aromatic N) is 1. The van der Waals surface area contributed by atoms with Crippen molar-refractivity contribution in [3.05, 3.63) is 42.5 Å². The smallest absolute Gasteiger partial charge is 0.0886 e. The van der Waals surface area contributed by atoms with Crippen LogP contribution in [0.15, 0.2) is 36.9 Å². The third-order valence-electron chi connectivity index (χ3n) is 1.59. The Labute approximate surface area is 88.8 Å². The van der Waals surface area contributed by atoms with Crippen LogP contribution in [0.1, 0.15) is 5.56 Å². The van der Waals surface area contributed by atoms with Crippen molar-refractivity contribution in [2.24, 2.45) is 5.73 Å². The number of nitrogens with two attached hydrogens (primary N) is 1. The van der Waals surface area contributed by atoms with E-state index in [-0.39, 0.29) is 0 Å². The van der Waals surface area contributed by atoms with Gasteiger partial charge in [-0.3, -0.25) is 4.98 Å². The van der Waals surface area contributed by atoms with E-state index >= 15 is 0 Å². The molecule has 0 aliphatic carbocycles. The molecule has 4 heteroatoms. The summed E-state index contributed by atoms with van der Waals surface area (Å²) < 4.78 is 0. The second-order valence-corrected chi connectivity index (χ2v) is 3.97. The molecule has 1 aromatic heterocycles. The standard InChI is InChI=1S/C10H15N3S/c1-9(11)13-5-6-14-8-10-3-2-4-12-7-10/h2-4,7,13H,1,5-6,8,11H2. The highest BCUT2D eigenvalue weighted by atomic mass is 32.2. The Balaban J connectivity index is 2.08. The first-order chi connectivity index (χ1) is 6.79. The molecule has 14 heavy (non-hydrogen) atoms. The van der Waals surface area contributed by atoms with Gasteiger partial charge in [-0.1, -0.05) is 12.6 Å². The number of pyridine rings is 1. The van der Waals surface area contributed by atoms with E-state index in [2.05, 4.69) is 22.9 Å². The minimum Gasteiger partial charge on any atom is -0.386 e. The van der Waals surface area contributed by atoms with Gasteiger partial charge in [0.15, 0.2) is 0 Å². The van der Waals surface area contributed by atoms with E-state index in [0.29, 0.717) is 5.82 Å². The number of thioether (sulfide) groups is 1. The summed E-state index contributed by atoms with van der Waals surface area (Å²) in [6.07, 6.45) is 3.68. The minimum atomic E-state index is 0.534. The molecule has 76 valence electrons. The number of aromatic nitrogens is 1. The first-order valence-electron chi connectivity index (χ1n) is 4.44. The highest BCUT2D eigenvalue weighted by Crippen LogP contribution is 2.09. The van der Waals surface area contributed by atoms with Crippen LogP contribution >= 0.6 is 11.8 Å². The van der Waals surface area contributed by atoms with Crippen LogP contribution in [0.2, 0.25) is 0 Å². The van der Waals surface area contributed by atoms with Crippen LogP contribution < -0.4 is 11.1 Å². The van der Waals surface area contributed by atoms with Gasteiger partial charge in [-0.15, -0.1) is 0 Å². The normalized spacial score (nSPS) is 9.71. The Bertz CT molecular complexity index is 274. The lowest BCUT2D eigenvalue weighted by molar-refractivity contribution is 0.852. The van der Waals surface area contributed by atoms with Gasteiger partial charge < -0.3 is 11.1 Å². The first kappa shape index (κ1) is 10.9. The zero-order chi connectivity index (χ0) is 10.2. The van der Waals surface area contributed by atoms with Gasteiger partial charge in [0.05, 0.1) is 5.82 Å². The SMILES string of the molecule is C=C(N)NCCSCc1cccnc1. The number of hydrogen-bond acceptors (Lipinski definition) is 4. The predicted octanol–water partition coefficient (Wildman–Crippen LogP) is 1.33. The maximum Gasteiger partial charge on any atom is 0.0886 e. The van der Waals surface area contributed by atoms with Gasteiger partial charge >= 0.3 is 0 Å². The van der Waals surface area contributed by atoms with Crippen molar-refractivity contribution in [1.29, 1.82) is 0 Å². The number of rotatable bonds is 6. The van der Waals surface area contributed by atoms with Crippen molar-refractivity contribution < 1.29 is 0 Å². The molecule has 0 atom stereocenters. The van der Waals surface area contributed by atoms with Gasteiger partial charge in [0.25, 0.3) is 0 Å². The molecule has 0 bridgehead atoms. The fourth-order valence-electron chi connectivity index (χ4n) is 0.957. The summed E-state index contributed by atoms with van der Waals surface area (Å²) in [4.78, 5) is 4.05. The molecule has 3 N–H and O–H groups in total. The number of nitrogens with one attached hydrogen (secondary N) is 1. The largest absolute Gasteiger partial charge is 0.386 e. The maximum atomic E-state index is 5.36. The molecule has 0 amide bonds. The summed E-state index contributed by atoms with van der Waals surface area (Å²) in [7, 11) is 0. The molecule has 0 aromatic carbocycles. The van der Waals surface area contributed by atoms with E-state index in [0.717, 1.165) is 18.1 Å². The van der Waals surface area contributed by atoms with Crippen LogP contribution in [0.25, 0.3) is 0 Å². The quantitative estimate of drug-likeness (QED) is 0.694. The molecule has 1 heterocycles. The molecule has 0 radical (unpaired) electrons. The van der Waals surface area contributed by atoms with Crippen LogP contribution in [0.5, 0.6) is 0 Å². The minimum absolute atomic E-state index is 0.534. The molecule has 0 unspecified atom stereocenters. The summed E-state index contributed by atoms with van der Waals surface area (Å²) in [6, 6.07) is 4.03. The van der Waals surface area contributed by atoms with Crippen LogP contribution in [-0.2, 0) is 5.75 Å². The van der Waals surface area contributed by atoms with E-state index < -0.39 is 0 Å². The number of hydrogen-bond donors (Lipinski definition) is 2. The van der Waals surface area contributed by atoms with Crippen molar-refractivity contribution in [1.82, 2.24) is 10.3 Å². The van der Waals surface area contributed by atoms with Crippen molar-refractivity contribution in [3.8, 4) is 0 Å². The highest BCUT2D eigenvalue weighted by Gasteiger charge is 1.92. The van der Waals surface area contributed by atoms with Gasteiger partial charge in [-0.05, 0) is 11.6 Å². The third kappa shape index (κ3) is 4.77. The summed E-state index contributed by atoms with van der Waals surface area (Å²) in [6.45, 7) is 4.42. The van der Waals surface area contributed by atoms with E-state index in [1.165, 1.54) is 5.56 Å². The average molecular weight is 209 g/mol. The van der Waals surface area contributed by atoms with Gasteiger partial charge in [0, 0.05) is 30.4 Å². The lowest BCUT2D eigenvalue weighted by atomic mass is 10.3. The second-order valence-electron chi connectivity index (χ2n) is 2.87. The summed E-state index contributed by atoms with van der Waals surface area (Å²) >= 11 is 1.85. The molecule has 3 nitrogen and oxygen atoms in total. The van der Waals surface area contributed by atoms with Crippen LogP contribution in [0.4, 0.5) is 0 Å². The van der Waals surface area contributed by atoms with Gasteiger partial charge in [-0.2, -0.15) is 11.8 Å². The topological polar surface area (TPSA) is 50.9 Å². The van der Waals surface area contributed by atoms with Crippen LogP contribution in [0, 0.1) is 0 Å². The lowest BCUT2D eigenvalue weighted by Gasteiger charge is -2.04. The first-order valence-corrected chi connectivity index (χ1v) is 5.59.